The van der Waals surface area contributed by atoms with Gasteiger partial charge >= 0.3 is 0 Å². The second-order valence-electron chi connectivity index (χ2n) is 16.4. The summed E-state index contributed by atoms with van der Waals surface area (Å²) in [6, 6.07) is 79.0. The highest BCUT2D eigenvalue weighted by Gasteiger charge is 2.19. The molecule has 0 unspecified atom stereocenters. The number of allylic oxidation sites excluding steroid dienone is 1. The molecule has 0 saturated heterocycles. The summed E-state index contributed by atoms with van der Waals surface area (Å²) in [4.78, 5) is 2.32. The normalized spacial score (nSPS) is 12.3. The van der Waals surface area contributed by atoms with Gasteiger partial charge in [0.1, 0.15) is 11.3 Å². The lowest BCUT2D eigenvalue weighted by atomic mass is 9.98. The molecule has 2 heterocycles. The summed E-state index contributed by atoms with van der Waals surface area (Å²) in [5, 5.41) is 3.66. The number of anilines is 3. The number of rotatable bonds is 8. The molecule has 0 saturated carbocycles. The Hall–Kier alpha value is -8.14. The summed E-state index contributed by atoms with van der Waals surface area (Å²) in [5.74, 6) is 1.08. The second kappa shape index (κ2) is 15.4. The van der Waals surface area contributed by atoms with E-state index in [0.29, 0.717) is 0 Å². The summed E-state index contributed by atoms with van der Waals surface area (Å²) in [6.45, 7) is 0. The number of hydrogen-bond acceptors (Lipinski definition) is 2. The number of para-hydroxylation sites is 1. The van der Waals surface area contributed by atoms with E-state index >= 15 is 0 Å². The summed E-state index contributed by atoms with van der Waals surface area (Å²) in [7, 11) is 0. The Labute approximate surface area is 367 Å². The van der Waals surface area contributed by atoms with Crippen molar-refractivity contribution in [2.24, 2.45) is 0 Å². The van der Waals surface area contributed by atoms with Crippen LogP contribution in [0.5, 0.6) is 0 Å². The number of fused-ring (bicyclic) bond motifs is 6. The van der Waals surface area contributed by atoms with Crippen LogP contribution in [0.15, 0.2) is 229 Å². The van der Waals surface area contributed by atoms with E-state index in [1.807, 2.05) is 0 Å². The van der Waals surface area contributed by atoms with Crippen molar-refractivity contribution in [2.75, 3.05) is 4.90 Å². The maximum absolute atomic E-state index is 6.45. The maximum Gasteiger partial charge on any atom is 0.137 e. The van der Waals surface area contributed by atoms with Gasteiger partial charge in [0.15, 0.2) is 0 Å². The average Bonchev–Trinajstić information content (AvgIpc) is 3.90. The molecule has 9 aromatic carbocycles. The van der Waals surface area contributed by atoms with E-state index in [1.165, 1.54) is 77.3 Å². The van der Waals surface area contributed by atoms with Gasteiger partial charge in [-0.05, 0) is 118 Å². The third-order valence-corrected chi connectivity index (χ3v) is 12.7. The number of benzene rings is 9. The highest BCUT2D eigenvalue weighted by atomic mass is 16.3. The molecule has 1 aliphatic rings. The predicted octanol–water partition coefficient (Wildman–Crippen LogP) is 16.6. The van der Waals surface area contributed by atoms with Crippen LogP contribution in [0.4, 0.5) is 17.1 Å². The molecule has 0 N–H and O–H groups in total. The van der Waals surface area contributed by atoms with Gasteiger partial charge in [-0.3, -0.25) is 0 Å². The van der Waals surface area contributed by atoms with Gasteiger partial charge < -0.3 is 13.9 Å². The molecule has 1 aliphatic carbocycles. The molecule has 63 heavy (non-hydrogen) atoms. The van der Waals surface area contributed by atoms with Crippen molar-refractivity contribution in [3.63, 3.8) is 0 Å². The Balaban J connectivity index is 0.854. The zero-order valence-corrected chi connectivity index (χ0v) is 34.7. The minimum absolute atomic E-state index is 0.922. The number of aryl methyl sites for hydroxylation is 1. The van der Waals surface area contributed by atoms with Gasteiger partial charge in [0.05, 0.1) is 11.0 Å². The van der Waals surface area contributed by atoms with E-state index in [-0.39, 0.29) is 0 Å². The van der Waals surface area contributed by atoms with Crippen molar-refractivity contribution in [3.8, 4) is 50.2 Å². The first-order valence-corrected chi connectivity index (χ1v) is 21.8. The lowest BCUT2D eigenvalue weighted by Crippen LogP contribution is -2.09. The molecule has 3 heteroatoms. The Morgan fingerprint density at radius 2 is 0.873 bits per heavy atom. The van der Waals surface area contributed by atoms with E-state index in [1.54, 1.807) is 0 Å². The number of aromatic nitrogens is 1. The van der Waals surface area contributed by atoms with E-state index in [2.05, 4.69) is 240 Å². The van der Waals surface area contributed by atoms with Gasteiger partial charge in [-0.25, -0.2) is 0 Å². The zero-order valence-electron chi connectivity index (χ0n) is 34.7. The molecular weight excluding hydrogens is 765 g/mol. The summed E-state index contributed by atoms with van der Waals surface area (Å²) >= 11 is 0. The van der Waals surface area contributed by atoms with Gasteiger partial charge in [-0.1, -0.05) is 158 Å². The average molecular weight is 807 g/mol. The van der Waals surface area contributed by atoms with Crippen LogP contribution in [0.2, 0.25) is 0 Å². The third kappa shape index (κ3) is 6.63. The van der Waals surface area contributed by atoms with Crippen LogP contribution in [0.25, 0.3) is 89.0 Å². The number of hydrogen-bond donors (Lipinski definition) is 0. The molecule has 0 bridgehead atoms. The van der Waals surface area contributed by atoms with E-state index in [9.17, 15) is 0 Å². The third-order valence-electron chi connectivity index (χ3n) is 12.7. The van der Waals surface area contributed by atoms with Crippen molar-refractivity contribution >= 4 is 55.9 Å². The Bertz CT molecular complexity index is 3450. The van der Waals surface area contributed by atoms with Crippen LogP contribution < -0.4 is 4.90 Å². The van der Waals surface area contributed by atoms with Crippen molar-refractivity contribution in [3.05, 3.63) is 236 Å². The van der Waals surface area contributed by atoms with E-state index in [0.717, 1.165) is 46.9 Å². The van der Waals surface area contributed by atoms with Gasteiger partial charge in [0, 0.05) is 57.0 Å². The lowest BCUT2D eigenvalue weighted by molar-refractivity contribution is 0.546. The van der Waals surface area contributed by atoms with E-state index < -0.39 is 0 Å². The van der Waals surface area contributed by atoms with Crippen LogP contribution in [0.3, 0.4) is 0 Å². The van der Waals surface area contributed by atoms with Crippen molar-refractivity contribution in [2.45, 2.75) is 12.8 Å². The maximum atomic E-state index is 6.45. The molecule has 11 aromatic rings. The highest BCUT2D eigenvalue weighted by Crippen LogP contribution is 2.41. The van der Waals surface area contributed by atoms with Crippen LogP contribution in [-0.2, 0) is 6.42 Å². The zero-order chi connectivity index (χ0) is 41.7. The monoisotopic (exact) mass is 806 g/mol. The molecule has 3 nitrogen and oxygen atoms in total. The van der Waals surface area contributed by atoms with Crippen molar-refractivity contribution < 1.29 is 4.42 Å². The minimum atomic E-state index is 0.922. The van der Waals surface area contributed by atoms with Gasteiger partial charge in [0.25, 0.3) is 0 Å². The number of nitrogens with zero attached hydrogens (tertiary/aromatic N) is 2. The highest BCUT2D eigenvalue weighted by molar-refractivity contribution is 6.10. The van der Waals surface area contributed by atoms with Crippen LogP contribution in [-0.4, -0.2) is 4.57 Å². The fraction of sp³-hybridized carbons (Fsp3) is 0.0333. The first-order chi connectivity index (χ1) is 31.2. The number of furan rings is 1. The Morgan fingerprint density at radius 1 is 0.381 bits per heavy atom. The molecule has 12 rings (SSSR count). The molecule has 0 aliphatic heterocycles. The molecule has 0 radical (unpaired) electrons. The molecule has 0 atom stereocenters. The molecule has 0 amide bonds. The standard InChI is InChI=1S/C60H42N2O/c1-3-11-41(12-4-1)44-23-30-49(31-24-44)61(52-36-37-55-54-16-8-10-18-59(54)63-60(55)40-52)50-32-25-46(26-33-50)43-19-21-47(22-20-43)48-29-38-58-56(39-48)53-15-7-9-17-57(53)62(58)51-34-27-45(28-35-51)42-13-5-2-6-14-42/h1-9,11-17,19-40H,10,18H2. The fourth-order valence-corrected chi connectivity index (χ4v) is 9.48. The Morgan fingerprint density at radius 3 is 1.51 bits per heavy atom. The SMILES string of the molecule is C1=Cc2c(oc3cc(N(c4ccc(-c5ccccc5)cc4)c4ccc(-c5ccc(-c6ccc7c(c6)c6ccccc6n7-c6ccc(-c7ccccc7)cc6)cc5)cc4)ccc23)CC1. The first kappa shape index (κ1) is 36.7. The van der Waals surface area contributed by atoms with Gasteiger partial charge in [-0.15, -0.1) is 0 Å². The largest absolute Gasteiger partial charge is 0.460 e. The minimum Gasteiger partial charge on any atom is -0.460 e. The molecular formula is C60H42N2O. The predicted molar refractivity (Wildman–Crippen MR) is 264 cm³/mol. The van der Waals surface area contributed by atoms with Crippen LogP contribution in [0, 0.1) is 0 Å². The molecule has 0 fully saturated rings. The molecule has 298 valence electrons. The lowest BCUT2D eigenvalue weighted by Gasteiger charge is -2.26. The Kier molecular flexibility index (Phi) is 8.97. The van der Waals surface area contributed by atoms with Gasteiger partial charge in [-0.2, -0.15) is 0 Å². The smallest absolute Gasteiger partial charge is 0.137 e. The summed E-state index contributed by atoms with van der Waals surface area (Å²) in [5.41, 5.74) is 18.5. The molecule has 0 spiro atoms. The van der Waals surface area contributed by atoms with E-state index in [4.69, 9.17) is 4.42 Å². The van der Waals surface area contributed by atoms with Crippen molar-refractivity contribution in [1.82, 2.24) is 4.57 Å². The van der Waals surface area contributed by atoms with Crippen LogP contribution in [0.1, 0.15) is 17.7 Å². The second-order valence-corrected chi connectivity index (χ2v) is 16.4. The summed E-state index contributed by atoms with van der Waals surface area (Å²) < 4.78 is 8.83. The molecule has 2 aromatic heterocycles. The summed E-state index contributed by atoms with van der Waals surface area (Å²) in [6.07, 6.45) is 6.41. The fourth-order valence-electron chi connectivity index (χ4n) is 9.48. The first-order valence-electron chi connectivity index (χ1n) is 21.8. The van der Waals surface area contributed by atoms with Gasteiger partial charge in [0.2, 0.25) is 0 Å². The quantitative estimate of drug-likeness (QED) is 0.153. The topological polar surface area (TPSA) is 21.3 Å². The van der Waals surface area contributed by atoms with Crippen molar-refractivity contribution in [1.29, 1.82) is 0 Å². The van der Waals surface area contributed by atoms with Crippen LogP contribution >= 0.6 is 0 Å².